The lowest BCUT2D eigenvalue weighted by Gasteiger charge is -2.09. The van der Waals surface area contributed by atoms with E-state index in [1.807, 2.05) is 0 Å². The van der Waals surface area contributed by atoms with Gasteiger partial charge in [-0.2, -0.15) is 0 Å². The van der Waals surface area contributed by atoms with Crippen molar-refractivity contribution in [1.82, 2.24) is 0 Å². The van der Waals surface area contributed by atoms with E-state index in [1.54, 1.807) is 25.1 Å². The topological polar surface area (TPSA) is 60.2 Å². The van der Waals surface area contributed by atoms with Crippen LogP contribution in [0.15, 0.2) is 47.4 Å². The molecule has 2 aromatic rings. The highest BCUT2D eigenvalue weighted by molar-refractivity contribution is 7.90. The molecule has 0 aliphatic carbocycles. The number of rotatable bonds is 3. The van der Waals surface area contributed by atoms with Crippen molar-refractivity contribution in [3.05, 3.63) is 59.4 Å². The first-order valence-electron chi connectivity index (χ1n) is 5.72. The van der Waals surface area contributed by atoms with E-state index in [2.05, 4.69) is 0 Å². The molecule has 2 aromatic carbocycles. The Balaban J connectivity index is 2.44. The standard InChI is InChI=1S/C14H14FNO2S/c1-10-6-7-12(16)8-14(10)19(17,18)9-11-4-2-3-5-13(11)15/h2-8H,9,16H2,1H3. The van der Waals surface area contributed by atoms with Crippen molar-refractivity contribution in [2.45, 2.75) is 17.6 Å². The second-order valence-electron chi connectivity index (χ2n) is 4.38. The maximum absolute atomic E-state index is 13.5. The molecule has 2 rings (SSSR count). The predicted octanol–water partition coefficient (Wildman–Crippen LogP) is 2.69. The van der Waals surface area contributed by atoms with E-state index >= 15 is 0 Å². The van der Waals surface area contributed by atoms with Crippen LogP contribution < -0.4 is 5.73 Å². The van der Waals surface area contributed by atoms with Gasteiger partial charge in [-0.1, -0.05) is 24.3 Å². The highest BCUT2D eigenvalue weighted by Gasteiger charge is 2.19. The average Bonchev–Trinajstić information content (AvgIpc) is 2.35. The van der Waals surface area contributed by atoms with Gasteiger partial charge in [0.2, 0.25) is 0 Å². The minimum Gasteiger partial charge on any atom is -0.399 e. The molecule has 0 fully saturated rings. The zero-order valence-electron chi connectivity index (χ0n) is 10.4. The van der Waals surface area contributed by atoms with Crippen molar-refractivity contribution in [2.24, 2.45) is 0 Å². The second-order valence-corrected chi connectivity index (χ2v) is 6.33. The fourth-order valence-corrected chi connectivity index (χ4v) is 3.52. The molecule has 0 atom stereocenters. The van der Waals surface area contributed by atoms with Gasteiger partial charge in [0.25, 0.3) is 0 Å². The molecule has 0 amide bonds. The van der Waals surface area contributed by atoms with Crippen LogP contribution in [-0.2, 0) is 15.6 Å². The normalized spacial score (nSPS) is 11.5. The zero-order chi connectivity index (χ0) is 14.0. The Morgan fingerprint density at radius 3 is 2.53 bits per heavy atom. The molecule has 2 N–H and O–H groups in total. The lowest BCUT2D eigenvalue weighted by molar-refractivity contribution is 0.586. The van der Waals surface area contributed by atoms with Crippen molar-refractivity contribution in [3.63, 3.8) is 0 Å². The van der Waals surface area contributed by atoms with Crippen LogP contribution in [0, 0.1) is 12.7 Å². The quantitative estimate of drug-likeness (QED) is 0.879. The van der Waals surface area contributed by atoms with Crippen molar-refractivity contribution >= 4 is 15.5 Å². The largest absolute Gasteiger partial charge is 0.399 e. The molecule has 0 aliphatic heterocycles. The van der Waals surface area contributed by atoms with E-state index in [4.69, 9.17) is 5.73 Å². The number of nitrogen functional groups attached to an aromatic ring is 1. The van der Waals surface area contributed by atoms with E-state index in [0.29, 0.717) is 11.3 Å². The summed E-state index contributed by atoms with van der Waals surface area (Å²) in [5, 5.41) is 0. The lowest BCUT2D eigenvalue weighted by Crippen LogP contribution is -2.08. The van der Waals surface area contributed by atoms with Gasteiger partial charge in [0.05, 0.1) is 10.6 Å². The van der Waals surface area contributed by atoms with Crippen LogP contribution in [0.2, 0.25) is 0 Å². The van der Waals surface area contributed by atoms with Crippen LogP contribution in [0.1, 0.15) is 11.1 Å². The Morgan fingerprint density at radius 1 is 1.16 bits per heavy atom. The van der Waals surface area contributed by atoms with Gasteiger partial charge in [0.15, 0.2) is 9.84 Å². The number of halogens is 1. The summed E-state index contributed by atoms with van der Waals surface area (Å²) in [6.07, 6.45) is 0. The van der Waals surface area contributed by atoms with Gasteiger partial charge in [-0.05, 0) is 30.7 Å². The minimum atomic E-state index is -3.61. The Bertz CT molecular complexity index is 711. The highest BCUT2D eigenvalue weighted by Crippen LogP contribution is 2.23. The third-order valence-corrected chi connectivity index (χ3v) is 4.65. The van der Waals surface area contributed by atoms with Crippen molar-refractivity contribution in [2.75, 3.05) is 5.73 Å². The third-order valence-electron chi connectivity index (χ3n) is 2.85. The van der Waals surface area contributed by atoms with Gasteiger partial charge in [-0.3, -0.25) is 0 Å². The fraction of sp³-hybridized carbons (Fsp3) is 0.143. The van der Waals surface area contributed by atoms with Gasteiger partial charge in [-0.15, -0.1) is 0 Å². The Labute approximate surface area is 111 Å². The van der Waals surface area contributed by atoms with Gasteiger partial charge >= 0.3 is 0 Å². The summed E-state index contributed by atoms with van der Waals surface area (Å²) in [6.45, 7) is 1.69. The van der Waals surface area contributed by atoms with Crippen LogP contribution in [0.5, 0.6) is 0 Å². The number of benzene rings is 2. The summed E-state index contributed by atoms with van der Waals surface area (Å²) in [5.74, 6) is -0.892. The lowest BCUT2D eigenvalue weighted by atomic mass is 10.2. The van der Waals surface area contributed by atoms with Crippen molar-refractivity contribution < 1.29 is 12.8 Å². The number of aryl methyl sites for hydroxylation is 1. The van der Waals surface area contributed by atoms with Gasteiger partial charge in [-0.25, -0.2) is 12.8 Å². The molecule has 19 heavy (non-hydrogen) atoms. The van der Waals surface area contributed by atoms with E-state index < -0.39 is 15.7 Å². The fourth-order valence-electron chi connectivity index (χ4n) is 1.85. The number of hydrogen-bond donors (Lipinski definition) is 1. The molecule has 0 saturated carbocycles. The van der Waals surface area contributed by atoms with Crippen LogP contribution in [0.4, 0.5) is 10.1 Å². The minimum absolute atomic E-state index is 0.149. The molecular formula is C14H14FNO2S. The van der Waals surface area contributed by atoms with E-state index in [1.165, 1.54) is 24.3 Å². The first-order valence-corrected chi connectivity index (χ1v) is 7.37. The van der Waals surface area contributed by atoms with Crippen molar-refractivity contribution in [1.29, 1.82) is 0 Å². The predicted molar refractivity (Wildman–Crippen MR) is 72.9 cm³/mol. The first-order chi connectivity index (χ1) is 8.90. The highest BCUT2D eigenvalue weighted by atomic mass is 32.2. The van der Waals surface area contributed by atoms with Gasteiger partial charge in [0.1, 0.15) is 5.82 Å². The van der Waals surface area contributed by atoms with Gasteiger partial charge in [0, 0.05) is 11.3 Å². The van der Waals surface area contributed by atoms with Crippen LogP contribution in [0.3, 0.4) is 0 Å². The molecule has 0 unspecified atom stereocenters. The monoisotopic (exact) mass is 279 g/mol. The molecule has 100 valence electrons. The third kappa shape index (κ3) is 2.93. The Morgan fingerprint density at radius 2 is 1.84 bits per heavy atom. The molecule has 0 saturated heterocycles. The zero-order valence-corrected chi connectivity index (χ0v) is 11.2. The molecule has 0 spiro atoms. The average molecular weight is 279 g/mol. The number of hydrogen-bond acceptors (Lipinski definition) is 3. The van der Waals surface area contributed by atoms with E-state index in [9.17, 15) is 12.8 Å². The van der Waals surface area contributed by atoms with Crippen molar-refractivity contribution in [3.8, 4) is 0 Å². The first kappa shape index (κ1) is 13.5. The summed E-state index contributed by atoms with van der Waals surface area (Å²) in [7, 11) is -3.61. The van der Waals surface area contributed by atoms with E-state index in [-0.39, 0.29) is 16.2 Å². The molecule has 0 heterocycles. The molecule has 5 heteroatoms. The van der Waals surface area contributed by atoms with E-state index in [0.717, 1.165) is 0 Å². The van der Waals surface area contributed by atoms with Crippen LogP contribution >= 0.6 is 0 Å². The van der Waals surface area contributed by atoms with Gasteiger partial charge < -0.3 is 5.73 Å². The molecule has 3 nitrogen and oxygen atoms in total. The Kier molecular flexibility index (Phi) is 3.57. The number of anilines is 1. The summed E-state index contributed by atoms with van der Waals surface area (Å²) < 4.78 is 38.1. The summed E-state index contributed by atoms with van der Waals surface area (Å²) >= 11 is 0. The maximum Gasteiger partial charge on any atom is 0.182 e. The summed E-state index contributed by atoms with van der Waals surface area (Å²) in [5.41, 5.74) is 6.74. The number of sulfone groups is 1. The smallest absolute Gasteiger partial charge is 0.182 e. The molecule has 0 bridgehead atoms. The van der Waals surface area contributed by atoms with Crippen LogP contribution in [0.25, 0.3) is 0 Å². The van der Waals surface area contributed by atoms with Crippen LogP contribution in [-0.4, -0.2) is 8.42 Å². The summed E-state index contributed by atoms with van der Waals surface area (Å²) in [4.78, 5) is 0.149. The molecular weight excluding hydrogens is 265 g/mol. The molecule has 0 radical (unpaired) electrons. The Hall–Kier alpha value is -1.88. The SMILES string of the molecule is Cc1ccc(N)cc1S(=O)(=O)Cc1ccccc1F. The number of nitrogens with two attached hydrogens (primary N) is 1. The molecule has 0 aromatic heterocycles. The second kappa shape index (κ2) is 5.01. The maximum atomic E-state index is 13.5. The molecule has 0 aliphatic rings. The summed E-state index contributed by atoms with van der Waals surface area (Å²) in [6, 6.07) is 10.5.